The molecule has 0 aromatic rings. The number of hydrogen-bond acceptors (Lipinski definition) is 2. The first-order valence-electron chi connectivity index (χ1n) is 3.15. The van der Waals surface area contributed by atoms with Crippen LogP contribution in [0.25, 0.3) is 0 Å². The van der Waals surface area contributed by atoms with Gasteiger partial charge in [-0.1, -0.05) is 6.42 Å². The third-order valence-electron chi connectivity index (χ3n) is 2.16. The summed E-state index contributed by atoms with van der Waals surface area (Å²) in [6, 6.07) is 0. The van der Waals surface area contributed by atoms with Crippen LogP contribution in [0.2, 0.25) is 0 Å². The van der Waals surface area contributed by atoms with Gasteiger partial charge >= 0.3 is 5.97 Å². The molecule has 1 fully saturated rings. The molecule has 1 aliphatic rings. The highest BCUT2D eigenvalue weighted by Crippen LogP contribution is 2.39. The van der Waals surface area contributed by atoms with E-state index in [-0.39, 0.29) is 12.4 Å². The molecule has 0 aromatic carbocycles. The number of carboxylic acids is 1. The standard InChI is InChI=1S/C6H11NO2.ClH/c7-4-6(5(8)9)2-1-3-6;/h1-4,7H2,(H,8,9);1H. The van der Waals surface area contributed by atoms with Gasteiger partial charge in [0.2, 0.25) is 0 Å². The number of carboxylic acid groups (broad SMARTS) is 1. The molecule has 0 bridgehead atoms. The smallest absolute Gasteiger partial charge is 0.310 e. The minimum Gasteiger partial charge on any atom is -0.481 e. The molecule has 0 heterocycles. The third-order valence-corrected chi connectivity index (χ3v) is 2.16. The summed E-state index contributed by atoms with van der Waals surface area (Å²) in [7, 11) is 0. The maximum absolute atomic E-state index is 10.5. The lowest BCUT2D eigenvalue weighted by atomic mass is 9.69. The predicted octanol–water partition coefficient (Wildman–Crippen LogP) is 0.622. The fourth-order valence-electron chi connectivity index (χ4n) is 1.11. The minimum atomic E-state index is -0.726. The van der Waals surface area contributed by atoms with E-state index in [0.717, 1.165) is 19.3 Å². The molecule has 3 nitrogen and oxygen atoms in total. The normalized spacial score (nSPS) is 20.5. The minimum absolute atomic E-state index is 0. The lowest BCUT2D eigenvalue weighted by Crippen LogP contribution is -2.44. The van der Waals surface area contributed by atoms with Crippen molar-refractivity contribution < 1.29 is 9.90 Å². The molecule has 0 aliphatic heterocycles. The molecule has 1 rings (SSSR count). The van der Waals surface area contributed by atoms with Crippen molar-refractivity contribution >= 4 is 18.4 Å². The van der Waals surface area contributed by atoms with Crippen molar-refractivity contribution in [1.82, 2.24) is 0 Å². The molecule has 1 aliphatic carbocycles. The monoisotopic (exact) mass is 165 g/mol. The molecule has 0 amide bonds. The highest BCUT2D eigenvalue weighted by atomic mass is 35.5. The Kier molecular flexibility index (Phi) is 3.12. The van der Waals surface area contributed by atoms with Gasteiger partial charge in [0.15, 0.2) is 0 Å². The average Bonchev–Trinajstić information content (AvgIpc) is 1.62. The summed E-state index contributed by atoms with van der Waals surface area (Å²) in [6.07, 6.45) is 2.54. The summed E-state index contributed by atoms with van der Waals surface area (Å²) in [5.74, 6) is -0.726. The summed E-state index contributed by atoms with van der Waals surface area (Å²) in [5, 5.41) is 8.60. The Bertz CT molecular complexity index is 128. The molecule has 3 N–H and O–H groups in total. The Hall–Kier alpha value is -0.280. The number of halogens is 1. The molecular weight excluding hydrogens is 154 g/mol. The number of carbonyl (C=O) groups is 1. The molecule has 0 atom stereocenters. The second-order valence-corrected chi connectivity index (χ2v) is 2.64. The molecular formula is C6H12ClNO2. The van der Waals surface area contributed by atoms with E-state index in [1.54, 1.807) is 0 Å². The fraction of sp³-hybridized carbons (Fsp3) is 0.833. The van der Waals surface area contributed by atoms with Crippen molar-refractivity contribution in [3.8, 4) is 0 Å². The van der Waals surface area contributed by atoms with Gasteiger partial charge in [0.25, 0.3) is 0 Å². The first-order chi connectivity index (χ1) is 4.21. The van der Waals surface area contributed by atoms with Gasteiger partial charge in [0.05, 0.1) is 5.41 Å². The van der Waals surface area contributed by atoms with Gasteiger partial charge in [-0.05, 0) is 12.8 Å². The van der Waals surface area contributed by atoms with E-state index in [9.17, 15) is 4.79 Å². The number of aliphatic carboxylic acids is 1. The quantitative estimate of drug-likeness (QED) is 0.631. The van der Waals surface area contributed by atoms with Crippen molar-refractivity contribution in [2.75, 3.05) is 6.54 Å². The molecule has 0 aromatic heterocycles. The Morgan fingerprint density at radius 3 is 2.10 bits per heavy atom. The van der Waals surface area contributed by atoms with Gasteiger partial charge in [0.1, 0.15) is 0 Å². The molecule has 0 spiro atoms. The third kappa shape index (κ3) is 1.25. The average molecular weight is 166 g/mol. The van der Waals surface area contributed by atoms with Crippen molar-refractivity contribution in [1.29, 1.82) is 0 Å². The molecule has 0 saturated heterocycles. The summed E-state index contributed by atoms with van der Waals surface area (Å²) in [6.45, 7) is 0.294. The Balaban J connectivity index is 0.000000810. The Morgan fingerprint density at radius 2 is 2.10 bits per heavy atom. The van der Waals surface area contributed by atoms with E-state index in [4.69, 9.17) is 10.8 Å². The van der Waals surface area contributed by atoms with Gasteiger partial charge in [-0.15, -0.1) is 12.4 Å². The largest absolute Gasteiger partial charge is 0.481 e. The van der Waals surface area contributed by atoms with E-state index in [1.165, 1.54) is 0 Å². The van der Waals surface area contributed by atoms with Crippen LogP contribution < -0.4 is 5.73 Å². The Labute approximate surface area is 66.0 Å². The van der Waals surface area contributed by atoms with E-state index < -0.39 is 11.4 Å². The van der Waals surface area contributed by atoms with Crippen LogP contribution in [-0.4, -0.2) is 17.6 Å². The van der Waals surface area contributed by atoms with E-state index >= 15 is 0 Å². The molecule has 4 heteroatoms. The fourth-order valence-corrected chi connectivity index (χ4v) is 1.11. The lowest BCUT2D eigenvalue weighted by molar-refractivity contribution is -0.153. The van der Waals surface area contributed by atoms with E-state index in [2.05, 4.69) is 0 Å². The van der Waals surface area contributed by atoms with Crippen molar-refractivity contribution in [2.45, 2.75) is 19.3 Å². The van der Waals surface area contributed by atoms with Crippen LogP contribution in [0.3, 0.4) is 0 Å². The molecule has 60 valence electrons. The second-order valence-electron chi connectivity index (χ2n) is 2.64. The zero-order valence-corrected chi connectivity index (χ0v) is 6.49. The number of nitrogens with two attached hydrogens (primary N) is 1. The summed E-state index contributed by atoms with van der Waals surface area (Å²) in [5.41, 5.74) is 4.75. The van der Waals surface area contributed by atoms with Gasteiger partial charge in [0, 0.05) is 6.54 Å². The molecule has 1 saturated carbocycles. The molecule has 0 unspecified atom stereocenters. The Morgan fingerprint density at radius 1 is 1.60 bits per heavy atom. The van der Waals surface area contributed by atoms with Crippen molar-refractivity contribution in [3.05, 3.63) is 0 Å². The van der Waals surface area contributed by atoms with Crippen LogP contribution in [0.4, 0.5) is 0 Å². The summed E-state index contributed by atoms with van der Waals surface area (Å²) < 4.78 is 0. The van der Waals surface area contributed by atoms with Crippen LogP contribution in [-0.2, 0) is 4.79 Å². The first-order valence-corrected chi connectivity index (χ1v) is 3.15. The van der Waals surface area contributed by atoms with Crippen LogP contribution in [0, 0.1) is 5.41 Å². The van der Waals surface area contributed by atoms with Crippen molar-refractivity contribution in [3.63, 3.8) is 0 Å². The SMILES string of the molecule is Cl.NCC1(C(=O)O)CCC1. The first kappa shape index (κ1) is 9.72. The van der Waals surface area contributed by atoms with Gasteiger partial charge in [-0.25, -0.2) is 0 Å². The van der Waals surface area contributed by atoms with Crippen LogP contribution in [0.5, 0.6) is 0 Å². The van der Waals surface area contributed by atoms with Gasteiger partial charge < -0.3 is 10.8 Å². The van der Waals surface area contributed by atoms with Gasteiger partial charge in [-0.2, -0.15) is 0 Å². The van der Waals surface area contributed by atoms with Gasteiger partial charge in [-0.3, -0.25) is 4.79 Å². The van der Waals surface area contributed by atoms with E-state index in [1.807, 2.05) is 0 Å². The summed E-state index contributed by atoms with van der Waals surface area (Å²) >= 11 is 0. The number of rotatable bonds is 2. The predicted molar refractivity (Wildman–Crippen MR) is 40.2 cm³/mol. The number of hydrogen-bond donors (Lipinski definition) is 2. The topological polar surface area (TPSA) is 63.3 Å². The summed E-state index contributed by atoms with van der Waals surface area (Å²) in [4.78, 5) is 10.5. The molecule has 0 radical (unpaired) electrons. The van der Waals surface area contributed by atoms with Crippen LogP contribution >= 0.6 is 12.4 Å². The zero-order valence-electron chi connectivity index (χ0n) is 5.67. The zero-order chi connectivity index (χ0) is 6.91. The maximum atomic E-state index is 10.5. The second kappa shape index (κ2) is 3.21. The highest BCUT2D eigenvalue weighted by Gasteiger charge is 2.42. The lowest BCUT2D eigenvalue weighted by Gasteiger charge is -2.36. The van der Waals surface area contributed by atoms with Crippen LogP contribution in [0.1, 0.15) is 19.3 Å². The highest BCUT2D eigenvalue weighted by molar-refractivity contribution is 5.85. The van der Waals surface area contributed by atoms with Crippen LogP contribution in [0.15, 0.2) is 0 Å². The maximum Gasteiger partial charge on any atom is 0.310 e. The van der Waals surface area contributed by atoms with E-state index in [0.29, 0.717) is 6.54 Å². The van der Waals surface area contributed by atoms with Crippen molar-refractivity contribution in [2.24, 2.45) is 11.1 Å². The molecule has 10 heavy (non-hydrogen) atoms.